The Morgan fingerprint density at radius 1 is 1.33 bits per heavy atom. The molecule has 0 bridgehead atoms. The number of hydrogen-bond donors (Lipinski definition) is 3. The van der Waals surface area contributed by atoms with E-state index in [0.29, 0.717) is 17.5 Å². The SMILES string of the molecule is CNS(=O)(=O)c1ccc(N2CC3CCC(O)C3C2)c(N)c1. The average Bonchev–Trinajstić information content (AvgIpc) is 3.01. The zero-order chi connectivity index (χ0) is 15.2. The summed E-state index contributed by atoms with van der Waals surface area (Å²) >= 11 is 0. The lowest BCUT2D eigenvalue weighted by Crippen LogP contribution is -2.25. The molecule has 2 fully saturated rings. The van der Waals surface area contributed by atoms with Crippen molar-refractivity contribution >= 4 is 21.4 Å². The van der Waals surface area contributed by atoms with Gasteiger partial charge in [-0.2, -0.15) is 0 Å². The minimum absolute atomic E-state index is 0.172. The van der Waals surface area contributed by atoms with Crippen molar-refractivity contribution in [1.82, 2.24) is 4.72 Å². The number of nitrogens with two attached hydrogens (primary N) is 1. The highest BCUT2D eigenvalue weighted by Crippen LogP contribution is 2.41. The highest BCUT2D eigenvalue weighted by molar-refractivity contribution is 7.89. The van der Waals surface area contributed by atoms with E-state index in [0.717, 1.165) is 31.6 Å². The fourth-order valence-corrected chi connectivity index (χ4v) is 4.30. The third kappa shape index (κ3) is 2.49. The van der Waals surface area contributed by atoms with E-state index in [1.807, 2.05) is 0 Å². The molecule has 1 saturated carbocycles. The van der Waals surface area contributed by atoms with Gasteiger partial charge in [-0.15, -0.1) is 0 Å². The lowest BCUT2D eigenvalue weighted by molar-refractivity contribution is 0.133. The fraction of sp³-hybridized carbons (Fsp3) is 0.571. The van der Waals surface area contributed by atoms with Gasteiger partial charge in [0, 0.05) is 19.0 Å². The smallest absolute Gasteiger partial charge is 0.240 e. The first-order chi connectivity index (χ1) is 9.92. The van der Waals surface area contributed by atoms with Gasteiger partial charge in [-0.1, -0.05) is 0 Å². The van der Waals surface area contributed by atoms with E-state index in [1.54, 1.807) is 12.1 Å². The van der Waals surface area contributed by atoms with Crippen molar-refractivity contribution in [2.45, 2.75) is 23.8 Å². The second-order valence-corrected chi connectivity index (χ2v) is 7.79. The van der Waals surface area contributed by atoms with Crippen molar-refractivity contribution in [2.24, 2.45) is 11.8 Å². The van der Waals surface area contributed by atoms with E-state index >= 15 is 0 Å². The summed E-state index contributed by atoms with van der Waals surface area (Å²) in [6.45, 7) is 1.66. The minimum Gasteiger partial charge on any atom is -0.397 e. The van der Waals surface area contributed by atoms with Crippen LogP contribution < -0.4 is 15.4 Å². The number of aliphatic hydroxyl groups excluding tert-OH is 1. The Morgan fingerprint density at radius 2 is 2.10 bits per heavy atom. The summed E-state index contributed by atoms with van der Waals surface area (Å²) in [5.41, 5.74) is 7.35. The number of benzene rings is 1. The van der Waals surface area contributed by atoms with Crippen molar-refractivity contribution in [3.05, 3.63) is 18.2 Å². The Labute approximate surface area is 125 Å². The number of hydrogen-bond acceptors (Lipinski definition) is 5. The van der Waals surface area contributed by atoms with Crippen LogP contribution in [-0.4, -0.2) is 39.8 Å². The molecule has 0 spiro atoms. The van der Waals surface area contributed by atoms with Crippen LogP contribution in [0.25, 0.3) is 0 Å². The van der Waals surface area contributed by atoms with Crippen LogP contribution in [0, 0.1) is 11.8 Å². The molecule has 0 radical (unpaired) electrons. The van der Waals surface area contributed by atoms with Gasteiger partial charge in [0.05, 0.1) is 22.4 Å². The largest absolute Gasteiger partial charge is 0.397 e. The first-order valence-electron chi connectivity index (χ1n) is 7.18. The van der Waals surface area contributed by atoms with Gasteiger partial charge in [0.15, 0.2) is 0 Å². The monoisotopic (exact) mass is 311 g/mol. The topological polar surface area (TPSA) is 95.7 Å². The lowest BCUT2D eigenvalue weighted by Gasteiger charge is -2.22. The summed E-state index contributed by atoms with van der Waals surface area (Å²) in [5.74, 6) is 0.824. The van der Waals surface area contributed by atoms with E-state index in [9.17, 15) is 13.5 Å². The van der Waals surface area contributed by atoms with Gasteiger partial charge in [0.25, 0.3) is 0 Å². The van der Waals surface area contributed by atoms with Crippen LogP contribution in [0.2, 0.25) is 0 Å². The summed E-state index contributed by atoms with van der Waals surface area (Å²) in [6, 6.07) is 4.82. The molecular formula is C14H21N3O3S. The summed E-state index contributed by atoms with van der Waals surface area (Å²) in [4.78, 5) is 2.33. The predicted molar refractivity (Wildman–Crippen MR) is 81.5 cm³/mol. The molecule has 3 unspecified atom stereocenters. The minimum atomic E-state index is -3.47. The first kappa shape index (κ1) is 14.6. The molecule has 7 heteroatoms. The van der Waals surface area contributed by atoms with Crippen LogP contribution in [0.4, 0.5) is 11.4 Å². The van der Waals surface area contributed by atoms with Crippen molar-refractivity contribution in [3.8, 4) is 0 Å². The summed E-state index contributed by atoms with van der Waals surface area (Å²) in [7, 11) is -2.10. The predicted octanol–water partition coefficient (Wildman–Crippen LogP) is 0.384. The molecule has 4 N–H and O–H groups in total. The summed E-state index contributed by atoms with van der Waals surface area (Å²) in [6.07, 6.45) is 1.72. The number of rotatable bonds is 3. The molecule has 1 aromatic rings. The van der Waals surface area contributed by atoms with Crippen LogP contribution >= 0.6 is 0 Å². The fourth-order valence-electron chi connectivity index (χ4n) is 3.54. The van der Waals surface area contributed by atoms with E-state index in [4.69, 9.17) is 5.73 Å². The molecule has 3 rings (SSSR count). The van der Waals surface area contributed by atoms with Crippen LogP contribution in [0.3, 0.4) is 0 Å². The molecule has 6 nitrogen and oxygen atoms in total. The van der Waals surface area contributed by atoms with Crippen LogP contribution in [-0.2, 0) is 10.0 Å². The number of nitrogen functional groups attached to an aromatic ring is 1. The molecule has 3 atom stereocenters. The maximum atomic E-state index is 11.8. The molecule has 0 aromatic heterocycles. The van der Waals surface area contributed by atoms with Gasteiger partial charge >= 0.3 is 0 Å². The van der Waals surface area contributed by atoms with Gasteiger partial charge in [-0.05, 0) is 44.0 Å². The Balaban J connectivity index is 1.85. The van der Waals surface area contributed by atoms with Crippen LogP contribution in [0.1, 0.15) is 12.8 Å². The molecule has 1 heterocycles. The number of sulfonamides is 1. The molecule has 1 aromatic carbocycles. The molecule has 1 aliphatic carbocycles. The number of nitrogens with one attached hydrogen (secondary N) is 1. The van der Waals surface area contributed by atoms with Gasteiger partial charge in [-0.3, -0.25) is 0 Å². The van der Waals surface area contributed by atoms with Crippen LogP contribution in [0.5, 0.6) is 0 Å². The molecule has 0 amide bonds. The second-order valence-electron chi connectivity index (χ2n) is 5.90. The quantitative estimate of drug-likeness (QED) is 0.702. The highest BCUT2D eigenvalue weighted by Gasteiger charge is 2.42. The normalized spacial score (nSPS) is 28.9. The maximum Gasteiger partial charge on any atom is 0.240 e. The third-order valence-electron chi connectivity index (χ3n) is 4.74. The average molecular weight is 311 g/mol. The van der Waals surface area contributed by atoms with Crippen molar-refractivity contribution in [3.63, 3.8) is 0 Å². The summed E-state index contributed by atoms with van der Waals surface area (Å²) in [5, 5.41) is 9.97. The maximum absolute atomic E-state index is 11.8. The van der Waals surface area contributed by atoms with Gasteiger partial charge in [-0.25, -0.2) is 13.1 Å². The van der Waals surface area contributed by atoms with Crippen molar-refractivity contribution in [2.75, 3.05) is 30.8 Å². The molecular weight excluding hydrogens is 290 g/mol. The molecule has 1 saturated heterocycles. The van der Waals surface area contributed by atoms with E-state index in [2.05, 4.69) is 9.62 Å². The van der Waals surface area contributed by atoms with Crippen molar-refractivity contribution < 1.29 is 13.5 Å². The highest BCUT2D eigenvalue weighted by atomic mass is 32.2. The van der Waals surface area contributed by atoms with Gasteiger partial charge < -0.3 is 15.7 Å². The second kappa shape index (κ2) is 5.15. The van der Waals surface area contributed by atoms with E-state index in [1.165, 1.54) is 13.1 Å². The summed E-state index contributed by atoms with van der Waals surface area (Å²) < 4.78 is 25.8. The Kier molecular flexibility index (Phi) is 3.59. The van der Waals surface area contributed by atoms with E-state index in [-0.39, 0.29) is 11.0 Å². The zero-order valence-corrected chi connectivity index (χ0v) is 12.8. The molecule has 1 aliphatic heterocycles. The molecule has 21 heavy (non-hydrogen) atoms. The number of aliphatic hydroxyl groups is 1. The number of fused-ring (bicyclic) bond motifs is 1. The van der Waals surface area contributed by atoms with Gasteiger partial charge in [0.1, 0.15) is 0 Å². The molecule has 2 aliphatic rings. The van der Waals surface area contributed by atoms with Crippen molar-refractivity contribution in [1.29, 1.82) is 0 Å². The number of anilines is 2. The third-order valence-corrected chi connectivity index (χ3v) is 6.15. The number of nitrogens with zero attached hydrogens (tertiary/aromatic N) is 1. The Bertz CT molecular complexity index is 647. The zero-order valence-electron chi connectivity index (χ0n) is 12.0. The Morgan fingerprint density at radius 3 is 2.71 bits per heavy atom. The van der Waals surface area contributed by atoms with Gasteiger partial charge in [0.2, 0.25) is 10.0 Å². The molecule has 116 valence electrons. The standard InChI is InChI=1S/C14H21N3O3S/c1-16-21(19,20)10-3-4-13(12(15)6-10)17-7-9-2-5-14(18)11(9)8-17/h3-4,6,9,11,14,16,18H,2,5,7-8,15H2,1H3. The Hall–Kier alpha value is -1.31. The first-order valence-corrected chi connectivity index (χ1v) is 8.67. The van der Waals surface area contributed by atoms with E-state index < -0.39 is 10.0 Å². The van der Waals surface area contributed by atoms with Crippen LogP contribution in [0.15, 0.2) is 23.1 Å². The lowest BCUT2D eigenvalue weighted by atomic mass is 10.00.